The van der Waals surface area contributed by atoms with Crippen molar-refractivity contribution in [1.29, 1.82) is 0 Å². The Morgan fingerprint density at radius 2 is 2.46 bits per heavy atom. The van der Waals surface area contributed by atoms with E-state index in [1.165, 1.54) is 0 Å². The molecule has 13 heavy (non-hydrogen) atoms. The van der Waals surface area contributed by atoms with Gasteiger partial charge in [-0.15, -0.1) is 0 Å². The van der Waals surface area contributed by atoms with Gasteiger partial charge in [-0.1, -0.05) is 5.11 Å². The highest BCUT2D eigenvalue weighted by molar-refractivity contribution is 5.65. The summed E-state index contributed by atoms with van der Waals surface area (Å²) in [5.74, 6) is -0.494. The Morgan fingerprint density at radius 3 is 2.92 bits per heavy atom. The molecule has 1 rings (SSSR count). The number of halogens is 1. The van der Waals surface area contributed by atoms with E-state index in [0.717, 1.165) is 4.90 Å². The molecule has 1 heterocycles. The van der Waals surface area contributed by atoms with Crippen LogP contribution in [0.1, 0.15) is 0 Å². The zero-order valence-corrected chi connectivity index (χ0v) is 6.80. The second-order valence-corrected chi connectivity index (χ2v) is 2.87. The fourth-order valence-electron chi connectivity index (χ4n) is 1.36. The molecule has 1 amide bonds. The van der Waals surface area contributed by atoms with Crippen molar-refractivity contribution in [3.05, 3.63) is 10.4 Å². The summed E-state index contributed by atoms with van der Waals surface area (Å²) in [6, 6.07) is -0.564. The number of alkyl halides is 1. The molecule has 0 bridgehead atoms. The van der Waals surface area contributed by atoms with Gasteiger partial charge in [0.25, 0.3) is 0 Å². The molecule has 1 aliphatic heterocycles. The van der Waals surface area contributed by atoms with Gasteiger partial charge in [0, 0.05) is 23.9 Å². The van der Waals surface area contributed by atoms with E-state index >= 15 is 0 Å². The van der Waals surface area contributed by atoms with Crippen molar-refractivity contribution in [3.8, 4) is 0 Å². The maximum absolute atomic E-state index is 12.3. The van der Waals surface area contributed by atoms with E-state index in [4.69, 9.17) is 10.6 Å². The van der Waals surface area contributed by atoms with Gasteiger partial charge in [-0.3, -0.25) is 4.39 Å². The smallest absolute Gasteiger partial charge is 0.407 e. The van der Waals surface area contributed by atoms with Gasteiger partial charge in [0.15, 0.2) is 0 Å². The molecular weight excluding hydrogens is 179 g/mol. The Balaban J connectivity index is 2.66. The SMILES string of the molecule is [N-]=[N+]=N[C@H]1CN(C(=O)O)C[C@H]1CF. The topological polar surface area (TPSA) is 89.3 Å². The number of hydrogen-bond donors (Lipinski definition) is 1. The van der Waals surface area contributed by atoms with Gasteiger partial charge in [0.05, 0.1) is 12.7 Å². The zero-order chi connectivity index (χ0) is 9.84. The van der Waals surface area contributed by atoms with Crippen LogP contribution in [0, 0.1) is 5.92 Å². The van der Waals surface area contributed by atoms with Crippen LogP contribution in [0.4, 0.5) is 9.18 Å². The van der Waals surface area contributed by atoms with Gasteiger partial charge in [-0.25, -0.2) is 4.79 Å². The van der Waals surface area contributed by atoms with Crippen molar-refractivity contribution in [3.63, 3.8) is 0 Å². The second kappa shape index (κ2) is 3.95. The van der Waals surface area contributed by atoms with Crippen LogP contribution in [0.5, 0.6) is 0 Å². The zero-order valence-electron chi connectivity index (χ0n) is 6.80. The minimum atomic E-state index is -1.10. The van der Waals surface area contributed by atoms with Crippen LogP contribution in [0.25, 0.3) is 10.4 Å². The number of carbonyl (C=O) groups is 1. The van der Waals surface area contributed by atoms with Crippen LogP contribution in [0.2, 0.25) is 0 Å². The number of nitrogens with zero attached hydrogens (tertiary/aromatic N) is 4. The van der Waals surface area contributed by atoms with Crippen molar-refractivity contribution in [2.75, 3.05) is 19.8 Å². The summed E-state index contributed by atoms with van der Waals surface area (Å²) in [6.07, 6.45) is -1.10. The molecular formula is C6H9FN4O2. The van der Waals surface area contributed by atoms with Gasteiger partial charge >= 0.3 is 6.09 Å². The van der Waals surface area contributed by atoms with Crippen molar-refractivity contribution in [2.24, 2.45) is 11.0 Å². The van der Waals surface area contributed by atoms with E-state index in [9.17, 15) is 9.18 Å². The highest BCUT2D eigenvalue weighted by Crippen LogP contribution is 2.20. The Morgan fingerprint density at radius 1 is 1.77 bits per heavy atom. The van der Waals surface area contributed by atoms with Crippen LogP contribution in [-0.4, -0.2) is 41.9 Å². The number of rotatable bonds is 2. The molecule has 0 aromatic rings. The third-order valence-corrected chi connectivity index (χ3v) is 2.08. The number of likely N-dealkylation sites (tertiary alicyclic amines) is 1. The summed E-state index contributed by atoms with van der Waals surface area (Å²) in [5.41, 5.74) is 8.13. The van der Waals surface area contributed by atoms with Gasteiger partial charge in [0.1, 0.15) is 0 Å². The van der Waals surface area contributed by atoms with Crippen molar-refractivity contribution in [2.45, 2.75) is 6.04 Å². The Labute approximate surface area is 73.6 Å². The highest BCUT2D eigenvalue weighted by atomic mass is 19.1. The van der Waals surface area contributed by atoms with Crippen molar-refractivity contribution < 1.29 is 14.3 Å². The Bertz CT molecular complexity index is 253. The molecule has 0 radical (unpaired) electrons. The highest BCUT2D eigenvalue weighted by Gasteiger charge is 2.34. The first-order valence-corrected chi connectivity index (χ1v) is 3.77. The van der Waals surface area contributed by atoms with Crippen LogP contribution < -0.4 is 0 Å². The van der Waals surface area contributed by atoms with Gasteiger partial charge in [0.2, 0.25) is 0 Å². The fraction of sp³-hybridized carbons (Fsp3) is 0.833. The lowest BCUT2D eigenvalue weighted by Crippen LogP contribution is -2.27. The summed E-state index contributed by atoms with van der Waals surface area (Å²) in [6.45, 7) is -0.461. The van der Waals surface area contributed by atoms with Gasteiger partial charge in [-0.05, 0) is 5.53 Å². The molecule has 6 nitrogen and oxygen atoms in total. The fourth-order valence-corrected chi connectivity index (χ4v) is 1.36. The molecule has 0 aromatic heterocycles. The first kappa shape index (κ1) is 9.60. The summed E-state index contributed by atoms with van der Waals surface area (Å²) in [5, 5.41) is 11.9. The average molecular weight is 188 g/mol. The predicted molar refractivity (Wildman–Crippen MR) is 42.0 cm³/mol. The molecule has 1 aliphatic rings. The number of carboxylic acid groups (broad SMARTS) is 1. The Kier molecular flexibility index (Phi) is 2.92. The summed E-state index contributed by atoms with van der Waals surface area (Å²) in [7, 11) is 0. The Hall–Kier alpha value is -1.49. The molecule has 1 saturated heterocycles. The number of hydrogen-bond acceptors (Lipinski definition) is 2. The second-order valence-electron chi connectivity index (χ2n) is 2.87. The summed E-state index contributed by atoms with van der Waals surface area (Å²) >= 11 is 0. The van der Waals surface area contributed by atoms with Gasteiger partial charge < -0.3 is 10.0 Å². The molecule has 7 heteroatoms. The molecule has 72 valence electrons. The third-order valence-electron chi connectivity index (χ3n) is 2.08. The lowest BCUT2D eigenvalue weighted by Gasteiger charge is -2.09. The first-order valence-electron chi connectivity index (χ1n) is 3.77. The van der Waals surface area contributed by atoms with E-state index in [2.05, 4.69) is 10.0 Å². The molecule has 0 saturated carbocycles. The molecule has 1 fully saturated rings. The van der Waals surface area contributed by atoms with E-state index in [1.54, 1.807) is 0 Å². The first-order chi connectivity index (χ1) is 6.19. The third kappa shape index (κ3) is 2.00. The normalized spacial score (nSPS) is 27.0. The number of azide groups is 1. The van der Waals surface area contributed by atoms with Gasteiger partial charge in [-0.2, -0.15) is 0 Å². The molecule has 1 N–H and O–H groups in total. The lowest BCUT2D eigenvalue weighted by molar-refractivity contribution is 0.153. The largest absolute Gasteiger partial charge is 0.465 e. The standard InChI is InChI=1S/C6H9FN4O2/c7-1-4-2-11(6(12)13)3-5(4)9-10-8/h4-5H,1-3H2,(H,12,13)/t4-,5+/m1/s1. The van der Waals surface area contributed by atoms with Crippen LogP contribution in [-0.2, 0) is 0 Å². The van der Waals surface area contributed by atoms with E-state index in [0.29, 0.717) is 0 Å². The van der Waals surface area contributed by atoms with Crippen molar-refractivity contribution in [1.82, 2.24) is 4.90 Å². The quantitative estimate of drug-likeness (QED) is 0.401. The minimum absolute atomic E-state index is 0.0913. The molecule has 2 atom stereocenters. The summed E-state index contributed by atoms with van der Waals surface area (Å²) in [4.78, 5) is 14.1. The van der Waals surface area contributed by atoms with E-state index < -0.39 is 24.7 Å². The molecule has 0 unspecified atom stereocenters. The molecule has 0 aromatic carbocycles. The summed E-state index contributed by atoms with van der Waals surface area (Å²) < 4.78 is 12.3. The lowest BCUT2D eigenvalue weighted by atomic mass is 10.1. The van der Waals surface area contributed by atoms with E-state index in [1.807, 2.05) is 0 Å². The predicted octanol–water partition coefficient (Wildman–Crippen LogP) is 1.24. The van der Waals surface area contributed by atoms with E-state index in [-0.39, 0.29) is 13.1 Å². The molecule has 0 spiro atoms. The van der Waals surface area contributed by atoms with Crippen molar-refractivity contribution >= 4 is 6.09 Å². The van der Waals surface area contributed by atoms with Crippen LogP contribution >= 0.6 is 0 Å². The number of amides is 1. The maximum Gasteiger partial charge on any atom is 0.407 e. The average Bonchev–Trinajstić information content (AvgIpc) is 2.48. The molecule has 0 aliphatic carbocycles. The monoisotopic (exact) mass is 188 g/mol. The van der Waals surface area contributed by atoms with Crippen LogP contribution in [0.3, 0.4) is 0 Å². The maximum atomic E-state index is 12.3. The van der Waals surface area contributed by atoms with Crippen LogP contribution in [0.15, 0.2) is 5.11 Å². The minimum Gasteiger partial charge on any atom is -0.465 e.